The summed E-state index contributed by atoms with van der Waals surface area (Å²) in [4.78, 5) is 27.7. The smallest absolute Gasteiger partial charge is 0.326 e. The van der Waals surface area contributed by atoms with Gasteiger partial charge in [-0.15, -0.1) is 0 Å². The highest BCUT2D eigenvalue weighted by molar-refractivity contribution is 5.83. The number of amides is 2. The van der Waals surface area contributed by atoms with Gasteiger partial charge in [0.15, 0.2) is 0 Å². The highest BCUT2D eigenvalue weighted by Crippen LogP contribution is 2.38. The molecule has 2 fully saturated rings. The number of carboxylic acids is 1. The summed E-state index contributed by atoms with van der Waals surface area (Å²) in [7, 11) is 0. The first-order valence-electron chi connectivity index (χ1n) is 7.90. The van der Waals surface area contributed by atoms with Crippen molar-refractivity contribution in [2.24, 2.45) is 5.92 Å². The van der Waals surface area contributed by atoms with E-state index < -0.39 is 12.0 Å². The largest absolute Gasteiger partial charge is 0.480 e. The van der Waals surface area contributed by atoms with Gasteiger partial charge in [-0.1, -0.05) is 12.8 Å². The van der Waals surface area contributed by atoms with Crippen molar-refractivity contribution >= 4 is 12.0 Å². The fourth-order valence-corrected chi connectivity index (χ4v) is 3.81. The number of hydrogen-bond donors (Lipinski definition) is 1. The third-order valence-electron chi connectivity index (χ3n) is 4.91. The second-order valence-corrected chi connectivity index (χ2v) is 5.91. The molecule has 1 N–H and O–H groups in total. The predicted molar refractivity (Wildman–Crippen MR) is 76.6 cm³/mol. The molecule has 0 aromatic heterocycles. The van der Waals surface area contributed by atoms with Crippen LogP contribution in [0.25, 0.3) is 0 Å². The molecule has 0 radical (unpaired) electrons. The molecule has 1 aliphatic heterocycles. The summed E-state index contributed by atoms with van der Waals surface area (Å²) in [5.41, 5.74) is 0. The van der Waals surface area contributed by atoms with Gasteiger partial charge in [-0.05, 0) is 45.4 Å². The Balaban J connectivity index is 2.24. The van der Waals surface area contributed by atoms with Gasteiger partial charge in [0.25, 0.3) is 0 Å². The lowest BCUT2D eigenvalue weighted by atomic mass is 9.76. The predicted octanol–water partition coefficient (Wildman–Crippen LogP) is 2.56. The van der Waals surface area contributed by atoms with Gasteiger partial charge >= 0.3 is 12.0 Å². The maximum atomic E-state index is 12.7. The van der Waals surface area contributed by atoms with E-state index in [1.807, 2.05) is 13.8 Å². The van der Waals surface area contributed by atoms with E-state index in [1.54, 1.807) is 9.80 Å². The molecule has 114 valence electrons. The molecule has 1 saturated carbocycles. The summed E-state index contributed by atoms with van der Waals surface area (Å²) in [6, 6.07) is -0.590. The lowest BCUT2D eigenvalue weighted by Crippen LogP contribution is -2.60. The van der Waals surface area contributed by atoms with Crippen molar-refractivity contribution < 1.29 is 14.7 Å². The Hall–Kier alpha value is -1.26. The van der Waals surface area contributed by atoms with Gasteiger partial charge in [-0.3, -0.25) is 0 Å². The van der Waals surface area contributed by atoms with Crippen LogP contribution in [0.4, 0.5) is 4.79 Å². The summed E-state index contributed by atoms with van der Waals surface area (Å²) in [5, 5.41) is 9.46. The average molecular weight is 282 g/mol. The minimum absolute atomic E-state index is 0.0843. The lowest BCUT2D eigenvalue weighted by molar-refractivity contribution is -0.146. The SMILES string of the molecule is CCN(CC)C(=O)N1C(C(=O)O)CCC2CCCCC21. The van der Waals surface area contributed by atoms with Crippen LogP contribution in [-0.2, 0) is 4.79 Å². The zero-order chi connectivity index (χ0) is 14.7. The normalized spacial score (nSPS) is 29.7. The molecular weight excluding hydrogens is 256 g/mol. The lowest BCUT2D eigenvalue weighted by Gasteiger charge is -2.48. The number of carboxylic acid groups (broad SMARTS) is 1. The number of fused-ring (bicyclic) bond motifs is 1. The molecule has 1 saturated heterocycles. The van der Waals surface area contributed by atoms with Crippen molar-refractivity contribution in [1.29, 1.82) is 0 Å². The van der Waals surface area contributed by atoms with Crippen molar-refractivity contribution in [3.05, 3.63) is 0 Å². The van der Waals surface area contributed by atoms with Crippen LogP contribution >= 0.6 is 0 Å². The molecule has 1 aliphatic carbocycles. The number of rotatable bonds is 3. The second kappa shape index (κ2) is 6.46. The van der Waals surface area contributed by atoms with Gasteiger partial charge in [0.1, 0.15) is 6.04 Å². The summed E-state index contributed by atoms with van der Waals surface area (Å²) < 4.78 is 0. The fraction of sp³-hybridized carbons (Fsp3) is 0.867. The van der Waals surface area contributed by atoms with E-state index in [1.165, 1.54) is 6.42 Å². The van der Waals surface area contributed by atoms with Crippen LogP contribution in [0, 0.1) is 5.92 Å². The van der Waals surface area contributed by atoms with Gasteiger partial charge in [0.2, 0.25) is 0 Å². The number of aliphatic carboxylic acids is 1. The third-order valence-corrected chi connectivity index (χ3v) is 4.91. The maximum Gasteiger partial charge on any atom is 0.326 e. The highest BCUT2D eigenvalue weighted by Gasteiger charge is 2.44. The van der Waals surface area contributed by atoms with Crippen molar-refractivity contribution in [3.8, 4) is 0 Å². The Morgan fingerprint density at radius 1 is 1.10 bits per heavy atom. The van der Waals surface area contributed by atoms with Crippen molar-refractivity contribution in [1.82, 2.24) is 9.80 Å². The molecule has 2 aliphatic rings. The van der Waals surface area contributed by atoms with E-state index in [0.717, 1.165) is 25.7 Å². The fourth-order valence-electron chi connectivity index (χ4n) is 3.81. The number of hydrogen-bond acceptors (Lipinski definition) is 2. The van der Waals surface area contributed by atoms with E-state index in [2.05, 4.69) is 0 Å². The van der Waals surface area contributed by atoms with Crippen LogP contribution in [0.5, 0.6) is 0 Å². The molecule has 5 nitrogen and oxygen atoms in total. The van der Waals surface area contributed by atoms with E-state index in [0.29, 0.717) is 25.4 Å². The Bertz CT molecular complexity index is 368. The molecule has 0 bridgehead atoms. The number of urea groups is 1. The minimum Gasteiger partial charge on any atom is -0.480 e. The number of likely N-dealkylation sites (tertiary alicyclic amines) is 1. The Morgan fingerprint density at radius 3 is 2.35 bits per heavy atom. The van der Waals surface area contributed by atoms with Gasteiger partial charge in [0.05, 0.1) is 0 Å². The van der Waals surface area contributed by atoms with Crippen LogP contribution in [0.2, 0.25) is 0 Å². The molecule has 20 heavy (non-hydrogen) atoms. The van der Waals surface area contributed by atoms with E-state index in [4.69, 9.17) is 0 Å². The van der Waals surface area contributed by atoms with E-state index in [9.17, 15) is 14.7 Å². The van der Waals surface area contributed by atoms with Gasteiger partial charge < -0.3 is 14.9 Å². The average Bonchev–Trinajstić information content (AvgIpc) is 2.46. The first-order chi connectivity index (χ1) is 9.60. The minimum atomic E-state index is -0.852. The quantitative estimate of drug-likeness (QED) is 0.865. The van der Waals surface area contributed by atoms with Gasteiger partial charge in [0, 0.05) is 19.1 Å². The van der Waals surface area contributed by atoms with Crippen LogP contribution < -0.4 is 0 Å². The zero-order valence-electron chi connectivity index (χ0n) is 12.5. The van der Waals surface area contributed by atoms with Gasteiger partial charge in [-0.25, -0.2) is 9.59 Å². The van der Waals surface area contributed by atoms with Crippen LogP contribution in [0.15, 0.2) is 0 Å². The topological polar surface area (TPSA) is 60.9 Å². The summed E-state index contributed by atoms with van der Waals surface area (Å²) in [5.74, 6) is -0.353. The maximum absolute atomic E-state index is 12.7. The van der Waals surface area contributed by atoms with Crippen molar-refractivity contribution in [2.45, 2.75) is 64.5 Å². The van der Waals surface area contributed by atoms with E-state index in [-0.39, 0.29) is 12.1 Å². The standard InChI is InChI=1S/C15H26N2O3/c1-3-16(4-2)15(20)17-12-8-6-5-7-11(12)9-10-13(17)14(18)19/h11-13H,3-10H2,1-2H3,(H,18,19). The van der Waals surface area contributed by atoms with Crippen LogP contribution in [0.1, 0.15) is 52.4 Å². The molecule has 5 heteroatoms. The molecular formula is C15H26N2O3. The summed E-state index contributed by atoms with van der Waals surface area (Å²) in [6.45, 7) is 5.16. The van der Waals surface area contributed by atoms with Crippen LogP contribution in [0.3, 0.4) is 0 Å². The first-order valence-corrected chi connectivity index (χ1v) is 7.90. The molecule has 3 unspecified atom stereocenters. The summed E-state index contributed by atoms with van der Waals surface area (Å²) >= 11 is 0. The van der Waals surface area contributed by atoms with E-state index >= 15 is 0 Å². The monoisotopic (exact) mass is 282 g/mol. The van der Waals surface area contributed by atoms with Crippen LogP contribution in [-0.4, -0.2) is 52.1 Å². The Labute approximate surface area is 120 Å². The van der Waals surface area contributed by atoms with Crippen molar-refractivity contribution in [2.75, 3.05) is 13.1 Å². The third kappa shape index (κ3) is 2.76. The first kappa shape index (κ1) is 15.1. The summed E-state index contributed by atoms with van der Waals surface area (Å²) in [6.07, 6.45) is 5.97. The molecule has 0 aromatic rings. The van der Waals surface area contributed by atoms with Crippen molar-refractivity contribution in [3.63, 3.8) is 0 Å². The molecule has 3 atom stereocenters. The zero-order valence-corrected chi connectivity index (χ0v) is 12.5. The molecule has 0 spiro atoms. The molecule has 2 amide bonds. The Kier molecular flexibility index (Phi) is 4.89. The molecule has 0 aromatic carbocycles. The number of carbonyl (C=O) groups is 2. The Morgan fingerprint density at radius 2 is 1.75 bits per heavy atom. The van der Waals surface area contributed by atoms with Gasteiger partial charge in [-0.2, -0.15) is 0 Å². The molecule has 2 rings (SSSR count). The number of nitrogens with zero attached hydrogens (tertiary/aromatic N) is 2. The molecule has 1 heterocycles. The second-order valence-electron chi connectivity index (χ2n) is 5.91. The number of piperidine rings is 1. The number of carbonyl (C=O) groups excluding carboxylic acids is 1. The highest BCUT2D eigenvalue weighted by atomic mass is 16.4.